The van der Waals surface area contributed by atoms with Crippen LogP contribution in [0.3, 0.4) is 0 Å². The van der Waals surface area contributed by atoms with Crippen molar-refractivity contribution in [2.45, 2.75) is 67.9 Å². The van der Waals surface area contributed by atoms with Crippen molar-refractivity contribution in [3.63, 3.8) is 0 Å². The zero-order valence-corrected chi connectivity index (χ0v) is 19.1. The number of rotatable bonds is 3. The van der Waals surface area contributed by atoms with Crippen molar-refractivity contribution < 1.29 is 0 Å². The first-order chi connectivity index (χ1) is 12.9. The summed E-state index contributed by atoms with van der Waals surface area (Å²) in [6.45, 7) is 18.1. The molecule has 2 aliphatic carbocycles. The predicted octanol–water partition coefficient (Wildman–Crippen LogP) is 6.70. The summed E-state index contributed by atoms with van der Waals surface area (Å²) in [7, 11) is 2.16. The van der Waals surface area contributed by atoms with E-state index >= 15 is 0 Å². The number of likely N-dealkylation sites (N-methyl/N-ethyl adjacent to an activating group) is 1. The third kappa shape index (κ3) is 3.98. The van der Waals surface area contributed by atoms with E-state index in [1.807, 2.05) is 0 Å². The second-order valence-corrected chi connectivity index (χ2v) is 10.3. The first-order valence-electron chi connectivity index (χ1n) is 10.4. The van der Waals surface area contributed by atoms with Gasteiger partial charge in [-0.3, -0.25) is 0 Å². The second-order valence-electron chi connectivity index (χ2n) is 10.3. The Morgan fingerprint density at radius 2 is 1.71 bits per heavy atom. The number of hydrogen-bond acceptors (Lipinski definition) is 2. The van der Waals surface area contributed by atoms with Crippen LogP contribution in [0.15, 0.2) is 76.1 Å². The van der Waals surface area contributed by atoms with Crippen molar-refractivity contribution >= 4 is 0 Å². The molecular formula is C26H36N2. The molecule has 0 aromatic carbocycles. The third-order valence-electron chi connectivity index (χ3n) is 6.01. The van der Waals surface area contributed by atoms with E-state index in [2.05, 4.69) is 114 Å². The van der Waals surface area contributed by atoms with Gasteiger partial charge in [0.15, 0.2) is 0 Å². The van der Waals surface area contributed by atoms with Gasteiger partial charge in [-0.15, -0.1) is 0 Å². The summed E-state index contributed by atoms with van der Waals surface area (Å²) in [4.78, 5) is 4.73. The first-order valence-corrected chi connectivity index (χ1v) is 10.4. The van der Waals surface area contributed by atoms with Crippen LogP contribution in [0.25, 0.3) is 0 Å². The summed E-state index contributed by atoms with van der Waals surface area (Å²) < 4.78 is 0. The zero-order valence-electron chi connectivity index (χ0n) is 19.1. The maximum atomic E-state index is 3.70. The molecule has 1 unspecified atom stereocenters. The van der Waals surface area contributed by atoms with E-state index in [9.17, 15) is 0 Å². The molecule has 3 aliphatic rings. The average molecular weight is 377 g/mol. The summed E-state index contributed by atoms with van der Waals surface area (Å²) in [5.41, 5.74) is 11.8. The van der Waals surface area contributed by atoms with Gasteiger partial charge in [0.1, 0.15) is 0 Å². The van der Waals surface area contributed by atoms with Gasteiger partial charge in [0.25, 0.3) is 0 Å². The van der Waals surface area contributed by atoms with Gasteiger partial charge in [0.2, 0.25) is 0 Å². The number of hydrogen-bond donors (Lipinski definition) is 0. The van der Waals surface area contributed by atoms with Crippen molar-refractivity contribution in [3.05, 3.63) is 76.1 Å². The monoisotopic (exact) mass is 376 g/mol. The molecule has 1 atom stereocenters. The van der Waals surface area contributed by atoms with Gasteiger partial charge in [0.05, 0.1) is 5.70 Å². The molecule has 2 heteroatoms. The van der Waals surface area contributed by atoms with E-state index in [4.69, 9.17) is 0 Å². The molecule has 28 heavy (non-hydrogen) atoms. The van der Waals surface area contributed by atoms with Gasteiger partial charge < -0.3 is 9.80 Å². The van der Waals surface area contributed by atoms with Crippen molar-refractivity contribution in [1.29, 1.82) is 0 Å². The fourth-order valence-corrected chi connectivity index (χ4v) is 3.77. The van der Waals surface area contributed by atoms with Crippen molar-refractivity contribution in [2.24, 2.45) is 10.8 Å². The quantitative estimate of drug-likeness (QED) is 0.506. The molecule has 0 spiro atoms. The molecule has 0 aromatic rings. The van der Waals surface area contributed by atoms with Gasteiger partial charge in [-0.25, -0.2) is 0 Å². The topological polar surface area (TPSA) is 6.48 Å². The molecule has 0 aromatic heterocycles. The summed E-state index contributed by atoms with van der Waals surface area (Å²) >= 11 is 0. The van der Waals surface area contributed by atoms with E-state index in [1.54, 1.807) is 0 Å². The largest absolute Gasteiger partial charge is 0.372 e. The molecule has 2 nitrogen and oxygen atoms in total. The molecule has 3 rings (SSSR count). The zero-order chi connectivity index (χ0) is 20.9. The smallest absolute Gasteiger partial charge is 0.0891 e. The summed E-state index contributed by atoms with van der Waals surface area (Å²) in [5, 5.41) is 0. The normalized spacial score (nSPS) is 22.5. The van der Waals surface area contributed by atoms with Crippen molar-refractivity contribution in [2.75, 3.05) is 7.05 Å². The average Bonchev–Trinajstić information content (AvgIpc) is 3.22. The van der Waals surface area contributed by atoms with Crippen molar-refractivity contribution in [1.82, 2.24) is 9.80 Å². The molecule has 0 saturated carbocycles. The highest BCUT2D eigenvalue weighted by molar-refractivity contribution is 5.47. The van der Waals surface area contributed by atoms with Crippen LogP contribution >= 0.6 is 0 Å². The minimum absolute atomic E-state index is 0.100. The lowest BCUT2D eigenvalue weighted by Gasteiger charge is -2.35. The van der Waals surface area contributed by atoms with Crippen LogP contribution in [-0.2, 0) is 0 Å². The van der Waals surface area contributed by atoms with Crippen molar-refractivity contribution in [3.8, 4) is 0 Å². The highest BCUT2D eigenvalue weighted by atomic mass is 15.2. The van der Waals surface area contributed by atoms with Crippen LogP contribution in [0.4, 0.5) is 0 Å². The third-order valence-corrected chi connectivity index (χ3v) is 6.01. The van der Waals surface area contributed by atoms with Crippen LogP contribution in [0.5, 0.6) is 0 Å². The Bertz CT molecular complexity index is 882. The Labute approximate surface area is 172 Å². The Hall–Kier alpha value is -2.18. The van der Waals surface area contributed by atoms with Crippen LogP contribution in [0, 0.1) is 10.8 Å². The van der Waals surface area contributed by atoms with Gasteiger partial charge in [-0.1, -0.05) is 58.9 Å². The highest BCUT2D eigenvalue weighted by Crippen LogP contribution is 2.40. The van der Waals surface area contributed by atoms with E-state index in [1.165, 1.54) is 28.2 Å². The lowest BCUT2D eigenvalue weighted by atomic mass is 9.85. The van der Waals surface area contributed by atoms with E-state index < -0.39 is 0 Å². The van der Waals surface area contributed by atoms with Gasteiger partial charge in [0, 0.05) is 42.2 Å². The molecule has 0 radical (unpaired) electrons. The van der Waals surface area contributed by atoms with Crippen LogP contribution in [-0.4, -0.2) is 22.9 Å². The van der Waals surface area contributed by atoms with E-state index in [0.29, 0.717) is 6.04 Å². The maximum absolute atomic E-state index is 3.70. The Balaban J connectivity index is 2.05. The predicted molar refractivity (Wildman–Crippen MR) is 120 cm³/mol. The molecule has 0 N–H and O–H groups in total. The minimum atomic E-state index is 0.100. The SMILES string of the molecule is CC1=CC(N(C2=C=C(C(C)(C)C)C=C2)C2=CC=C(C(C)(C)C)C2)=CC(C)N1C. The fraction of sp³-hybridized carbons (Fsp3) is 0.500. The Morgan fingerprint density at radius 3 is 2.21 bits per heavy atom. The number of allylic oxidation sites excluding steroid dienone is 7. The van der Waals surface area contributed by atoms with Gasteiger partial charge >= 0.3 is 0 Å². The molecule has 0 amide bonds. The first kappa shape index (κ1) is 20.6. The molecule has 1 aliphatic heterocycles. The maximum Gasteiger partial charge on any atom is 0.0891 e. The standard InChI is InChI=1S/C26H36N2/c1-18-14-24(15-19(2)27(18)9)28(22-12-10-20(16-22)25(3,4)5)23-13-11-21(17-23)26(6,7)8/h10-15,18H,16H2,1-9H3. The van der Waals surface area contributed by atoms with Crippen LogP contribution < -0.4 is 0 Å². The Morgan fingerprint density at radius 1 is 1.04 bits per heavy atom. The van der Waals surface area contributed by atoms with E-state index in [-0.39, 0.29) is 10.8 Å². The van der Waals surface area contributed by atoms with Crippen LogP contribution in [0.2, 0.25) is 0 Å². The molecular weight excluding hydrogens is 340 g/mol. The second kappa shape index (κ2) is 7.01. The number of nitrogens with zero attached hydrogens (tertiary/aromatic N) is 2. The summed E-state index contributed by atoms with van der Waals surface area (Å²) in [6, 6.07) is 0.372. The summed E-state index contributed by atoms with van der Waals surface area (Å²) in [5.74, 6) is 0. The molecule has 0 fully saturated rings. The van der Waals surface area contributed by atoms with E-state index in [0.717, 1.165) is 12.1 Å². The van der Waals surface area contributed by atoms with Crippen LogP contribution in [0.1, 0.15) is 61.8 Å². The van der Waals surface area contributed by atoms with Gasteiger partial charge in [-0.05, 0) is 55.1 Å². The Kier molecular flexibility index (Phi) is 5.15. The molecule has 150 valence electrons. The lowest BCUT2D eigenvalue weighted by Crippen LogP contribution is -2.32. The summed E-state index contributed by atoms with van der Waals surface area (Å²) in [6.07, 6.45) is 14.7. The lowest BCUT2D eigenvalue weighted by molar-refractivity contribution is 0.356. The minimum Gasteiger partial charge on any atom is -0.372 e. The molecule has 0 saturated heterocycles. The molecule has 0 bridgehead atoms. The highest BCUT2D eigenvalue weighted by Gasteiger charge is 2.29. The molecule has 1 heterocycles. The van der Waals surface area contributed by atoms with Gasteiger partial charge in [-0.2, -0.15) is 0 Å². The fourth-order valence-electron chi connectivity index (χ4n) is 3.77.